The maximum Gasteiger partial charge on any atom is 0.231 e. The van der Waals surface area contributed by atoms with Gasteiger partial charge in [-0.15, -0.1) is 0 Å². The number of benzene rings is 1. The number of nitrogens with one attached hydrogen (secondary N) is 1. The van der Waals surface area contributed by atoms with Crippen LogP contribution in [0.1, 0.15) is 57.9 Å². The molecule has 2 amide bonds. The molecule has 142 valence electrons. The molecule has 6 nitrogen and oxygen atoms in total. The third-order valence-electron chi connectivity index (χ3n) is 5.02. The summed E-state index contributed by atoms with van der Waals surface area (Å²) in [7, 11) is 0. The van der Waals surface area contributed by atoms with Gasteiger partial charge in [0.1, 0.15) is 0 Å². The molecular weight excluding hydrogens is 332 g/mol. The normalized spacial score (nSPS) is 16.1. The minimum Gasteiger partial charge on any atom is -0.454 e. The van der Waals surface area contributed by atoms with Crippen molar-refractivity contribution in [2.45, 2.75) is 71.0 Å². The zero-order chi connectivity index (χ0) is 18.5. The average Bonchev–Trinajstić information content (AvgIpc) is 3.28. The minimum absolute atomic E-state index is 0.000705. The molecule has 2 aliphatic rings. The zero-order valence-electron chi connectivity index (χ0n) is 15.6. The van der Waals surface area contributed by atoms with Crippen LogP contribution in [0.3, 0.4) is 0 Å². The average molecular weight is 360 g/mol. The molecule has 3 rings (SSSR count). The van der Waals surface area contributed by atoms with Gasteiger partial charge in [-0.1, -0.05) is 18.9 Å². The summed E-state index contributed by atoms with van der Waals surface area (Å²) in [5.74, 6) is 1.44. The highest BCUT2D eigenvalue weighted by atomic mass is 16.7. The van der Waals surface area contributed by atoms with Crippen LogP contribution in [0.5, 0.6) is 11.5 Å². The van der Waals surface area contributed by atoms with Crippen LogP contribution in [0.2, 0.25) is 0 Å². The van der Waals surface area contributed by atoms with Crippen molar-refractivity contribution in [3.8, 4) is 11.5 Å². The number of carbonyl (C=O) groups excluding carboxylic acids is 2. The number of fused-ring (bicyclic) bond motifs is 1. The molecule has 0 radical (unpaired) electrons. The van der Waals surface area contributed by atoms with Crippen molar-refractivity contribution >= 4 is 11.8 Å². The smallest absolute Gasteiger partial charge is 0.231 e. The SMILES string of the molecule is CC(C)N(Cc1ccc2c(c1)OCO2)C(=O)CCC(=O)NC1CCCC1. The molecule has 0 unspecified atom stereocenters. The number of carbonyl (C=O) groups is 2. The predicted molar refractivity (Wildman–Crippen MR) is 97.9 cm³/mol. The van der Waals surface area contributed by atoms with E-state index < -0.39 is 0 Å². The number of amides is 2. The van der Waals surface area contributed by atoms with Gasteiger partial charge in [0.05, 0.1) is 0 Å². The summed E-state index contributed by atoms with van der Waals surface area (Å²) in [6, 6.07) is 6.09. The summed E-state index contributed by atoms with van der Waals surface area (Å²) in [4.78, 5) is 26.5. The molecule has 1 heterocycles. The Morgan fingerprint density at radius 1 is 1.15 bits per heavy atom. The Morgan fingerprint density at radius 3 is 2.62 bits per heavy atom. The number of rotatable bonds is 7. The van der Waals surface area contributed by atoms with Crippen molar-refractivity contribution in [1.29, 1.82) is 0 Å². The van der Waals surface area contributed by atoms with Crippen molar-refractivity contribution in [3.05, 3.63) is 23.8 Å². The molecule has 0 saturated heterocycles. The Morgan fingerprint density at radius 2 is 1.88 bits per heavy atom. The van der Waals surface area contributed by atoms with E-state index in [0.29, 0.717) is 12.6 Å². The molecule has 0 atom stereocenters. The molecule has 0 bridgehead atoms. The zero-order valence-corrected chi connectivity index (χ0v) is 15.6. The first-order chi connectivity index (χ1) is 12.5. The van der Waals surface area contributed by atoms with E-state index in [1.807, 2.05) is 32.0 Å². The van der Waals surface area contributed by atoms with Gasteiger partial charge in [-0.3, -0.25) is 9.59 Å². The molecule has 1 N–H and O–H groups in total. The van der Waals surface area contributed by atoms with Gasteiger partial charge in [0.15, 0.2) is 11.5 Å². The van der Waals surface area contributed by atoms with Crippen LogP contribution in [0.25, 0.3) is 0 Å². The van der Waals surface area contributed by atoms with E-state index in [1.54, 1.807) is 4.90 Å². The first-order valence-electron chi connectivity index (χ1n) is 9.50. The summed E-state index contributed by atoms with van der Waals surface area (Å²) in [6.07, 6.45) is 4.96. The van der Waals surface area contributed by atoms with Crippen LogP contribution >= 0.6 is 0 Å². The van der Waals surface area contributed by atoms with Gasteiger partial charge < -0.3 is 19.7 Å². The lowest BCUT2D eigenvalue weighted by molar-refractivity contribution is -0.135. The van der Waals surface area contributed by atoms with Gasteiger partial charge >= 0.3 is 0 Å². The van der Waals surface area contributed by atoms with Crippen molar-refractivity contribution in [1.82, 2.24) is 10.2 Å². The molecule has 1 aliphatic carbocycles. The third-order valence-corrected chi connectivity index (χ3v) is 5.02. The number of hydrogen-bond donors (Lipinski definition) is 1. The summed E-state index contributed by atoms with van der Waals surface area (Å²) >= 11 is 0. The van der Waals surface area contributed by atoms with Gasteiger partial charge in [0.2, 0.25) is 18.6 Å². The van der Waals surface area contributed by atoms with Gasteiger partial charge in [-0.2, -0.15) is 0 Å². The second-order valence-electron chi connectivity index (χ2n) is 7.35. The van der Waals surface area contributed by atoms with E-state index in [2.05, 4.69) is 5.32 Å². The highest BCUT2D eigenvalue weighted by Crippen LogP contribution is 2.33. The lowest BCUT2D eigenvalue weighted by Gasteiger charge is -2.27. The van der Waals surface area contributed by atoms with E-state index in [-0.39, 0.29) is 37.5 Å². The topological polar surface area (TPSA) is 67.9 Å². The van der Waals surface area contributed by atoms with E-state index in [4.69, 9.17) is 9.47 Å². The standard InChI is InChI=1S/C20H28N2O4/c1-14(2)22(12-15-7-8-17-18(11-15)26-13-25-17)20(24)10-9-19(23)21-16-5-3-4-6-16/h7-8,11,14,16H,3-6,9-10,12-13H2,1-2H3,(H,21,23). The van der Waals surface area contributed by atoms with Gasteiger partial charge in [0.25, 0.3) is 0 Å². The van der Waals surface area contributed by atoms with Crippen molar-refractivity contribution in [2.24, 2.45) is 0 Å². The molecule has 1 aliphatic heterocycles. The van der Waals surface area contributed by atoms with E-state index in [1.165, 1.54) is 12.8 Å². The fourth-order valence-electron chi connectivity index (χ4n) is 3.53. The molecule has 0 spiro atoms. The largest absolute Gasteiger partial charge is 0.454 e. The molecule has 6 heteroatoms. The van der Waals surface area contributed by atoms with Crippen LogP contribution in [0, 0.1) is 0 Å². The van der Waals surface area contributed by atoms with Crippen LogP contribution in [-0.4, -0.2) is 35.6 Å². The summed E-state index contributed by atoms with van der Waals surface area (Å²) in [6.45, 7) is 4.71. The predicted octanol–water partition coefficient (Wildman–Crippen LogP) is 2.99. The molecule has 1 saturated carbocycles. The van der Waals surface area contributed by atoms with Crippen LogP contribution in [0.4, 0.5) is 0 Å². The van der Waals surface area contributed by atoms with E-state index in [0.717, 1.165) is 29.9 Å². The molecule has 1 aromatic carbocycles. The molecular formula is C20H28N2O4. The lowest BCUT2D eigenvalue weighted by atomic mass is 10.1. The maximum atomic E-state index is 12.7. The number of hydrogen-bond acceptors (Lipinski definition) is 4. The Labute approximate surface area is 154 Å². The van der Waals surface area contributed by atoms with Crippen LogP contribution in [-0.2, 0) is 16.1 Å². The van der Waals surface area contributed by atoms with Crippen molar-refractivity contribution < 1.29 is 19.1 Å². The van der Waals surface area contributed by atoms with Gasteiger partial charge in [0, 0.05) is 31.5 Å². The molecule has 26 heavy (non-hydrogen) atoms. The fourth-order valence-corrected chi connectivity index (χ4v) is 3.53. The number of nitrogens with zero attached hydrogens (tertiary/aromatic N) is 1. The highest BCUT2D eigenvalue weighted by molar-refractivity contribution is 5.84. The summed E-state index contributed by atoms with van der Waals surface area (Å²) < 4.78 is 10.7. The third kappa shape index (κ3) is 4.68. The Balaban J connectivity index is 1.53. The molecule has 0 aromatic heterocycles. The Kier molecular flexibility index (Phi) is 6.01. The Hall–Kier alpha value is -2.24. The van der Waals surface area contributed by atoms with Gasteiger partial charge in [-0.25, -0.2) is 0 Å². The van der Waals surface area contributed by atoms with Crippen LogP contribution in [0.15, 0.2) is 18.2 Å². The Bertz CT molecular complexity index is 653. The van der Waals surface area contributed by atoms with Crippen molar-refractivity contribution in [3.63, 3.8) is 0 Å². The highest BCUT2D eigenvalue weighted by Gasteiger charge is 2.22. The second-order valence-corrected chi connectivity index (χ2v) is 7.35. The van der Waals surface area contributed by atoms with Crippen molar-refractivity contribution in [2.75, 3.05) is 6.79 Å². The van der Waals surface area contributed by atoms with Gasteiger partial charge in [-0.05, 0) is 44.4 Å². The summed E-state index contributed by atoms with van der Waals surface area (Å²) in [5, 5.41) is 3.04. The van der Waals surface area contributed by atoms with E-state index in [9.17, 15) is 9.59 Å². The quantitative estimate of drug-likeness (QED) is 0.812. The fraction of sp³-hybridized carbons (Fsp3) is 0.600. The monoisotopic (exact) mass is 360 g/mol. The molecule has 1 fully saturated rings. The first-order valence-corrected chi connectivity index (χ1v) is 9.50. The lowest BCUT2D eigenvalue weighted by Crippen LogP contribution is -2.38. The maximum absolute atomic E-state index is 12.7. The molecule has 1 aromatic rings. The van der Waals surface area contributed by atoms with Crippen LogP contribution < -0.4 is 14.8 Å². The summed E-state index contributed by atoms with van der Waals surface area (Å²) in [5.41, 5.74) is 0.992. The number of ether oxygens (including phenoxy) is 2. The first kappa shape index (κ1) is 18.5. The second kappa shape index (κ2) is 8.43. The minimum atomic E-state index is -0.0166. The van der Waals surface area contributed by atoms with E-state index >= 15 is 0 Å².